The van der Waals surface area contributed by atoms with Crippen LogP contribution >= 0.6 is 12.2 Å². The molecule has 1 aromatic heterocycles. The average Bonchev–Trinajstić information content (AvgIpc) is 3.06. The van der Waals surface area contributed by atoms with Crippen LogP contribution in [0.3, 0.4) is 0 Å². The molecule has 160 valence electrons. The summed E-state index contributed by atoms with van der Waals surface area (Å²) in [6.45, 7) is 3.96. The van der Waals surface area contributed by atoms with Crippen LogP contribution in [0, 0.1) is 24.0 Å². The Labute approximate surface area is 184 Å². The number of nitro groups is 1. The topological polar surface area (TPSA) is 122 Å². The number of benzene rings is 2. The van der Waals surface area contributed by atoms with Gasteiger partial charge in [0.25, 0.3) is 5.91 Å². The first-order valence-electron chi connectivity index (χ1n) is 9.32. The number of methoxy groups -OCH3 is 1. The molecule has 3 aromatic rings. The first kappa shape index (κ1) is 21.9. The van der Waals surface area contributed by atoms with Gasteiger partial charge in [0.1, 0.15) is 0 Å². The molecule has 10 heteroatoms. The molecule has 3 N–H and O–H groups in total. The molecule has 31 heavy (non-hydrogen) atoms. The second-order valence-corrected chi connectivity index (χ2v) is 7.25. The largest absolute Gasteiger partial charge is 0.490 e. The van der Waals surface area contributed by atoms with Crippen LogP contribution in [0.4, 0.5) is 11.4 Å². The number of thiocarbonyl (C=S) groups is 1. The molecule has 1 amide bonds. The first-order valence-corrected chi connectivity index (χ1v) is 9.73. The summed E-state index contributed by atoms with van der Waals surface area (Å²) in [4.78, 5) is 22.9. The molecule has 2 aromatic carbocycles. The summed E-state index contributed by atoms with van der Waals surface area (Å²) in [7, 11) is 1.32. The van der Waals surface area contributed by atoms with Gasteiger partial charge in [-0.05, 0) is 55.9 Å². The number of nitro benzene ring substituents is 1. The van der Waals surface area contributed by atoms with Gasteiger partial charge in [-0.1, -0.05) is 12.1 Å². The van der Waals surface area contributed by atoms with Crippen LogP contribution in [0.5, 0.6) is 5.75 Å². The zero-order valence-electron chi connectivity index (χ0n) is 17.2. The Morgan fingerprint density at radius 1 is 1.23 bits per heavy atom. The lowest BCUT2D eigenvalue weighted by Gasteiger charge is -2.11. The summed E-state index contributed by atoms with van der Waals surface area (Å²) >= 11 is 5.19. The van der Waals surface area contributed by atoms with E-state index in [0.29, 0.717) is 5.69 Å². The third kappa shape index (κ3) is 5.23. The second kappa shape index (κ2) is 9.35. The fourth-order valence-corrected chi connectivity index (χ4v) is 3.27. The number of amides is 1. The maximum Gasteiger partial charge on any atom is 0.311 e. The van der Waals surface area contributed by atoms with Gasteiger partial charge < -0.3 is 10.1 Å². The molecular formula is C21H21N5O4S. The number of H-pyrrole nitrogens is 1. The van der Waals surface area contributed by atoms with E-state index in [4.69, 9.17) is 17.0 Å². The van der Waals surface area contributed by atoms with Crippen LogP contribution in [-0.2, 0) is 6.42 Å². The molecule has 0 fully saturated rings. The van der Waals surface area contributed by atoms with E-state index in [1.165, 1.54) is 19.2 Å². The van der Waals surface area contributed by atoms with Crippen molar-refractivity contribution in [3.05, 3.63) is 80.7 Å². The van der Waals surface area contributed by atoms with Crippen molar-refractivity contribution in [3.8, 4) is 5.75 Å². The van der Waals surface area contributed by atoms with E-state index in [-0.39, 0.29) is 22.1 Å². The van der Waals surface area contributed by atoms with E-state index in [2.05, 4.69) is 20.8 Å². The average molecular weight is 439 g/mol. The number of carbonyl (C=O) groups is 1. The van der Waals surface area contributed by atoms with E-state index >= 15 is 0 Å². The summed E-state index contributed by atoms with van der Waals surface area (Å²) in [6.07, 6.45) is 0.756. The van der Waals surface area contributed by atoms with Gasteiger partial charge in [-0.2, -0.15) is 5.10 Å². The minimum Gasteiger partial charge on any atom is -0.490 e. The molecule has 0 bridgehead atoms. The van der Waals surface area contributed by atoms with Crippen molar-refractivity contribution < 1.29 is 14.5 Å². The van der Waals surface area contributed by atoms with Crippen molar-refractivity contribution >= 4 is 34.6 Å². The molecule has 3 rings (SSSR count). The number of ether oxygens (including phenoxy) is 1. The molecule has 0 saturated heterocycles. The highest BCUT2D eigenvalue weighted by Gasteiger charge is 2.18. The van der Waals surface area contributed by atoms with Gasteiger partial charge in [0.05, 0.1) is 17.7 Å². The molecule has 0 saturated carbocycles. The van der Waals surface area contributed by atoms with Crippen molar-refractivity contribution in [3.63, 3.8) is 0 Å². The number of hydrogen-bond donors (Lipinski definition) is 3. The zero-order chi connectivity index (χ0) is 22.5. The number of hydrogen-bond acceptors (Lipinski definition) is 6. The fourth-order valence-electron chi connectivity index (χ4n) is 3.06. The first-order chi connectivity index (χ1) is 14.8. The van der Waals surface area contributed by atoms with E-state index in [1.54, 1.807) is 0 Å². The van der Waals surface area contributed by atoms with Gasteiger partial charge >= 0.3 is 5.69 Å². The Morgan fingerprint density at radius 2 is 1.94 bits per heavy atom. The molecule has 0 radical (unpaired) electrons. The molecule has 0 unspecified atom stereocenters. The summed E-state index contributed by atoms with van der Waals surface area (Å²) in [5.41, 5.74) is 4.79. The van der Waals surface area contributed by atoms with Gasteiger partial charge in [-0.15, -0.1) is 0 Å². The summed E-state index contributed by atoms with van der Waals surface area (Å²) < 4.78 is 4.94. The van der Waals surface area contributed by atoms with Crippen LogP contribution in [0.1, 0.15) is 32.9 Å². The third-order valence-electron chi connectivity index (χ3n) is 4.74. The molecule has 1 heterocycles. The molecule has 0 aliphatic rings. The number of aromatic nitrogens is 2. The number of carbonyl (C=O) groups excluding carboxylic acids is 1. The van der Waals surface area contributed by atoms with Crippen LogP contribution in [-0.4, -0.2) is 33.3 Å². The summed E-state index contributed by atoms with van der Waals surface area (Å²) in [5, 5.41) is 23.9. The third-order valence-corrected chi connectivity index (χ3v) is 4.94. The molecule has 0 atom stereocenters. The number of rotatable bonds is 6. The Kier molecular flexibility index (Phi) is 6.61. The molecule has 0 aliphatic heterocycles. The lowest BCUT2D eigenvalue weighted by molar-refractivity contribution is -0.385. The smallest absolute Gasteiger partial charge is 0.311 e. The summed E-state index contributed by atoms with van der Waals surface area (Å²) in [6, 6.07) is 11.6. The predicted molar refractivity (Wildman–Crippen MR) is 121 cm³/mol. The molecular weight excluding hydrogens is 418 g/mol. The van der Waals surface area contributed by atoms with Crippen LogP contribution in [0.2, 0.25) is 0 Å². The number of anilines is 1. The summed E-state index contributed by atoms with van der Waals surface area (Å²) in [5.74, 6) is -0.492. The minimum absolute atomic E-state index is 0.0724. The van der Waals surface area contributed by atoms with E-state index in [1.807, 2.05) is 38.1 Å². The Balaban J connectivity index is 1.62. The van der Waals surface area contributed by atoms with Crippen LogP contribution < -0.4 is 15.4 Å². The van der Waals surface area contributed by atoms with Crippen molar-refractivity contribution in [2.24, 2.45) is 0 Å². The standard InChI is InChI=1S/C21H21N5O4S/c1-12-17(13(2)25-24-12)10-14-4-7-16(8-5-14)22-21(31)23-20(27)15-6-9-19(30-3)18(11-15)26(28)29/h4-9,11H,10H2,1-3H3,(H,24,25)(H2,22,23,27,31). The zero-order valence-corrected chi connectivity index (χ0v) is 18.0. The quantitative estimate of drug-likeness (QED) is 0.304. The van der Waals surface area contributed by atoms with Gasteiger partial charge in [0.2, 0.25) is 0 Å². The van der Waals surface area contributed by atoms with Crippen molar-refractivity contribution in [1.82, 2.24) is 15.5 Å². The van der Waals surface area contributed by atoms with Crippen molar-refractivity contribution in [2.45, 2.75) is 20.3 Å². The predicted octanol–water partition coefficient (Wildman–Crippen LogP) is 3.66. The Hall–Kier alpha value is -3.79. The highest BCUT2D eigenvalue weighted by atomic mass is 32.1. The number of aryl methyl sites for hydroxylation is 2. The van der Waals surface area contributed by atoms with E-state index in [9.17, 15) is 14.9 Å². The maximum absolute atomic E-state index is 12.4. The Morgan fingerprint density at radius 3 is 2.52 bits per heavy atom. The fraction of sp³-hybridized carbons (Fsp3) is 0.190. The van der Waals surface area contributed by atoms with Gasteiger partial charge in [0.15, 0.2) is 10.9 Å². The van der Waals surface area contributed by atoms with Gasteiger partial charge in [0, 0.05) is 35.0 Å². The SMILES string of the molecule is COc1ccc(C(=O)NC(=S)Nc2ccc(Cc3c(C)n[nH]c3C)cc2)cc1[N+](=O)[O-]. The van der Waals surface area contributed by atoms with Gasteiger partial charge in [-0.3, -0.25) is 25.3 Å². The lowest BCUT2D eigenvalue weighted by Crippen LogP contribution is -2.34. The minimum atomic E-state index is -0.611. The maximum atomic E-state index is 12.4. The number of nitrogens with zero attached hydrogens (tertiary/aromatic N) is 2. The molecule has 9 nitrogen and oxygen atoms in total. The van der Waals surface area contributed by atoms with Crippen LogP contribution in [0.25, 0.3) is 0 Å². The molecule has 0 spiro atoms. The van der Waals surface area contributed by atoms with E-state index < -0.39 is 10.8 Å². The van der Waals surface area contributed by atoms with Crippen LogP contribution in [0.15, 0.2) is 42.5 Å². The monoisotopic (exact) mass is 439 g/mol. The number of aromatic amines is 1. The van der Waals surface area contributed by atoms with Crippen molar-refractivity contribution in [2.75, 3.05) is 12.4 Å². The highest BCUT2D eigenvalue weighted by Crippen LogP contribution is 2.27. The highest BCUT2D eigenvalue weighted by molar-refractivity contribution is 7.80. The van der Waals surface area contributed by atoms with E-state index in [0.717, 1.165) is 35.0 Å². The molecule has 0 aliphatic carbocycles. The second-order valence-electron chi connectivity index (χ2n) is 6.84. The van der Waals surface area contributed by atoms with Gasteiger partial charge in [-0.25, -0.2) is 0 Å². The normalized spacial score (nSPS) is 10.4. The Bertz CT molecular complexity index is 1120. The lowest BCUT2D eigenvalue weighted by atomic mass is 10.0. The van der Waals surface area contributed by atoms with Crippen molar-refractivity contribution in [1.29, 1.82) is 0 Å². The number of nitrogens with one attached hydrogen (secondary N) is 3.